The minimum absolute atomic E-state index is 0.885. The molecule has 0 spiro atoms. The number of benzene rings is 1. The van der Waals surface area contributed by atoms with Gasteiger partial charge in [-0.15, -0.1) is 0 Å². The maximum atomic E-state index is 5.35. The van der Waals surface area contributed by atoms with Gasteiger partial charge in [0.15, 0.2) is 0 Å². The Labute approximate surface area is 118 Å². The molecule has 0 aliphatic carbocycles. The fourth-order valence-electron chi connectivity index (χ4n) is 2.12. The first-order valence-electron chi connectivity index (χ1n) is 6.47. The van der Waals surface area contributed by atoms with E-state index in [1.807, 2.05) is 0 Å². The van der Waals surface area contributed by atoms with Gasteiger partial charge >= 0.3 is 0 Å². The first kappa shape index (κ1) is 14.0. The lowest BCUT2D eigenvalue weighted by molar-refractivity contribution is 0.0342. The minimum atomic E-state index is 0.885. The van der Waals surface area contributed by atoms with Gasteiger partial charge in [0.2, 0.25) is 0 Å². The largest absolute Gasteiger partial charge is 0.379 e. The van der Waals surface area contributed by atoms with Crippen molar-refractivity contribution in [1.29, 1.82) is 0 Å². The van der Waals surface area contributed by atoms with E-state index in [4.69, 9.17) is 4.74 Å². The van der Waals surface area contributed by atoms with Crippen molar-refractivity contribution in [3.05, 3.63) is 34.3 Å². The number of morpholine rings is 1. The average Bonchev–Trinajstić information content (AvgIpc) is 2.40. The second-order valence-electron chi connectivity index (χ2n) is 4.82. The molecule has 1 aliphatic heterocycles. The summed E-state index contributed by atoms with van der Waals surface area (Å²) < 4.78 is 6.49. The summed E-state index contributed by atoms with van der Waals surface area (Å²) in [4.78, 5) is 4.85. The summed E-state index contributed by atoms with van der Waals surface area (Å²) >= 11 is 3.46. The van der Waals surface area contributed by atoms with E-state index in [9.17, 15) is 0 Å². The molecule has 3 nitrogen and oxygen atoms in total. The Bertz CT molecular complexity index is 349. The Morgan fingerprint density at radius 2 is 1.89 bits per heavy atom. The van der Waals surface area contributed by atoms with E-state index in [1.54, 1.807) is 0 Å². The van der Waals surface area contributed by atoms with Gasteiger partial charge in [-0.1, -0.05) is 28.1 Å². The van der Waals surface area contributed by atoms with Gasteiger partial charge in [0.05, 0.1) is 13.2 Å². The Hall–Kier alpha value is -0.420. The third kappa shape index (κ3) is 4.69. The molecule has 0 amide bonds. The molecule has 0 unspecified atom stereocenters. The van der Waals surface area contributed by atoms with E-state index in [2.05, 4.69) is 57.0 Å². The van der Waals surface area contributed by atoms with Gasteiger partial charge in [-0.2, -0.15) is 0 Å². The predicted octanol–water partition coefficient (Wildman–Crippen LogP) is 2.21. The maximum Gasteiger partial charge on any atom is 0.0594 e. The van der Waals surface area contributed by atoms with Crippen molar-refractivity contribution in [3.8, 4) is 0 Å². The third-order valence-corrected chi connectivity index (χ3v) is 3.80. The van der Waals surface area contributed by atoms with E-state index >= 15 is 0 Å². The average molecular weight is 313 g/mol. The number of rotatable bonds is 5. The molecule has 0 aromatic heterocycles. The molecule has 0 radical (unpaired) electrons. The van der Waals surface area contributed by atoms with Gasteiger partial charge in [0.25, 0.3) is 0 Å². The van der Waals surface area contributed by atoms with Crippen LogP contribution in [0.3, 0.4) is 0 Å². The molecule has 1 saturated heterocycles. The molecule has 0 bridgehead atoms. The number of hydrogen-bond donors (Lipinski definition) is 0. The van der Waals surface area contributed by atoms with Crippen LogP contribution in [-0.2, 0) is 11.3 Å². The molecule has 1 aromatic rings. The highest BCUT2D eigenvalue weighted by Gasteiger charge is 2.10. The highest BCUT2D eigenvalue weighted by atomic mass is 79.9. The number of likely N-dealkylation sites (N-methyl/N-ethyl adjacent to an activating group) is 1. The van der Waals surface area contributed by atoms with Crippen LogP contribution in [0.1, 0.15) is 5.56 Å². The van der Waals surface area contributed by atoms with Crippen molar-refractivity contribution in [2.45, 2.75) is 6.54 Å². The summed E-state index contributed by atoms with van der Waals surface area (Å²) in [6, 6.07) is 8.56. The second-order valence-corrected chi connectivity index (χ2v) is 5.73. The molecule has 100 valence electrons. The smallest absolute Gasteiger partial charge is 0.0594 e. The summed E-state index contributed by atoms with van der Waals surface area (Å²) in [7, 11) is 2.18. The van der Waals surface area contributed by atoms with Crippen molar-refractivity contribution in [2.24, 2.45) is 0 Å². The van der Waals surface area contributed by atoms with Crippen molar-refractivity contribution in [2.75, 3.05) is 46.4 Å². The molecule has 18 heavy (non-hydrogen) atoms. The number of nitrogens with zero attached hydrogens (tertiary/aromatic N) is 2. The summed E-state index contributed by atoms with van der Waals surface area (Å²) in [6.45, 7) is 7.18. The van der Waals surface area contributed by atoms with Crippen LogP contribution in [0.2, 0.25) is 0 Å². The topological polar surface area (TPSA) is 15.7 Å². The molecule has 0 N–H and O–H groups in total. The van der Waals surface area contributed by atoms with Crippen molar-refractivity contribution >= 4 is 15.9 Å². The highest BCUT2D eigenvalue weighted by Crippen LogP contribution is 2.11. The standard InChI is InChI=1S/C14H21BrN2O/c1-16(6-7-17-8-10-18-11-9-17)12-13-2-4-14(15)5-3-13/h2-5H,6-12H2,1H3. The van der Waals surface area contributed by atoms with Gasteiger partial charge in [0, 0.05) is 37.2 Å². The van der Waals surface area contributed by atoms with Gasteiger partial charge in [-0.25, -0.2) is 0 Å². The molecular weight excluding hydrogens is 292 g/mol. The molecule has 0 atom stereocenters. The van der Waals surface area contributed by atoms with Crippen molar-refractivity contribution < 1.29 is 4.74 Å². The summed E-state index contributed by atoms with van der Waals surface area (Å²) in [6.07, 6.45) is 0. The van der Waals surface area contributed by atoms with E-state index in [-0.39, 0.29) is 0 Å². The normalized spacial score (nSPS) is 17.3. The lowest BCUT2D eigenvalue weighted by Crippen LogP contribution is -2.40. The molecule has 2 rings (SSSR count). The number of hydrogen-bond acceptors (Lipinski definition) is 3. The Morgan fingerprint density at radius 1 is 1.22 bits per heavy atom. The van der Waals surface area contributed by atoms with E-state index in [0.29, 0.717) is 0 Å². The SMILES string of the molecule is CN(CCN1CCOCC1)Cc1ccc(Br)cc1. The molecule has 1 fully saturated rings. The first-order valence-corrected chi connectivity index (χ1v) is 7.26. The van der Waals surface area contributed by atoms with Crippen molar-refractivity contribution in [3.63, 3.8) is 0 Å². The fourth-order valence-corrected chi connectivity index (χ4v) is 2.38. The highest BCUT2D eigenvalue weighted by molar-refractivity contribution is 9.10. The summed E-state index contributed by atoms with van der Waals surface area (Å²) in [5.41, 5.74) is 1.36. The van der Waals surface area contributed by atoms with Crippen LogP contribution in [0.5, 0.6) is 0 Å². The van der Waals surface area contributed by atoms with Crippen LogP contribution in [0.25, 0.3) is 0 Å². The van der Waals surface area contributed by atoms with E-state index in [0.717, 1.165) is 50.4 Å². The predicted molar refractivity (Wildman–Crippen MR) is 77.7 cm³/mol. The Morgan fingerprint density at radius 3 is 2.56 bits per heavy atom. The Balaban J connectivity index is 1.71. The summed E-state index contributed by atoms with van der Waals surface area (Å²) in [5.74, 6) is 0. The van der Waals surface area contributed by atoms with Crippen LogP contribution < -0.4 is 0 Å². The van der Waals surface area contributed by atoms with Gasteiger partial charge in [-0.3, -0.25) is 4.90 Å². The molecular formula is C14H21BrN2O. The van der Waals surface area contributed by atoms with Crippen LogP contribution in [0.15, 0.2) is 28.7 Å². The minimum Gasteiger partial charge on any atom is -0.379 e. The Kier molecular flexibility index (Phi) is 5.63. The first-order chi connectivity index (χ1) is 8.74. The summed E-state index contributed by atoms with van der Waals surface area (Å²) in [5, 5.41) is 0. The van der Waals surface area contributed by atoms with Crippen LogP contribution in [0, 0.1) is 0 Å². The van der Waals surface area contributed by atoms with E-state index in [1.165, 1.54) is 5.56 Å². The maximum absolute atomic E-state index is 5.35. The van der Waals surface area contributed by atoms with Crippen molar-refractivity contribution in [1.82, 2.24) is 9.80 Å². The van der Waals surface area contributed by atoms with Gasteiger partial charge in [-0.05, 0) is 24.7 Å². The zero-order valence-corrected chi connectivity index (χ0v) is 12.5. The molecule has 1 aliphatic rings. The number of halogens is 1. The zero-order chi connectivity index (χ0) is 12.8. The quantitative estimate of drug-likeness (QED) is 0.829. The zero-order valence-electron chi connectivity index (χ0n) is 10.9. The lowest BCUT2D eigenvalue weighted by atomic mass is 10.2. The molecule has 4 heteroatoms. The van der Waals surface area contributed by atoms with Crippen LogP contribution >= 0.6 is 15.9 Å². The monoisotopic (exact) mass is 312 g/mol. The van der Waals surface area contributed by atoms with Gasteiger partial charge < -0.3 is 9.64 Å². The lowest BCUT2D eigenvalue weighted by Gasteiger charge is -2.28. The number of ether oxygens (including phenoxy) is 1. The molecule has 1 heterocycles. The molecule has 1 aromatic carbocycles. The van der Waals surface area contributed by atoms with E-state index < -0.39 is 0 Å². The molecule has 0 saturated carbocycles. The second kappa shape index (κ2) is 7.24. The van der Waals surface area contributed by atoms with Crippen LogP contribution in [-0.4, -0.2) is 56.2 Å². The third-order valence-electron chi connectivity index (χ3n) is 3.27. The van der Waals surface area contributed by atoms with Crippen LogP contribution in [0.4, 0.5) is 0 Å². The van der Waals surface area contributed by atoms with Gasteiger partial charge in [0.1, 0.15) is 0 Å². The fraction of sp³-hybridized carbons (Fsp3) is 0.571.